The van der Waals surface area contributed by atoms with Crippen LogP contribution in [0.4, 0.5) is 11.4 Å². The number of carbonyl (C=O) groups is 2. The summed E-state index contributed by atoms with van der Waals surface area (Å²) in [4.78, 5) is 28.2. The van der Waals surface area contributed by atoms with E-state index in [1.165, 1.54) is 12.1 Å². The van der Waals surface area contributed by atoms with Crippen LogP contribution in [0.1, 0.15) is 52.0 Å². The highest BCUT2D eigenvalue weighted by molar-refractivity contribution is 7.92. The molecule has 0 saturated carbocycles. The number of sulfonamides is 1. The molecule has 0 aliphatic carbocycles. The lowest BCUT2D eigenvalue weighted by Gasteiger charge is -2.22. The summed E-state index contributed by atoms with van der Waals surface area (Å²) in [6.45, 7) is 3.18. The van der Waals surface area contributed by atoms with Gasteiger partial charge in [-0.1, -0.05) is 43.2 Å². The van der Waals surface area contributed by atoms with Crippen LogP contribution in [-0.2, 0) is 10.0 Å². The molecule has 35 heavy (non-hydrogen) atoms. The third kappa shape index (κ3) is 5.89. The summed E-state index contributed by atoms with van der Waals surface area (Å²) in [7, 11) is -3.74. The maximum atomic E-state index is 13.1. The summed E-state index contributed by atoms with van der Waals surface area (Å²) in [5.41, 5.74) is 2.28. The number of hydrogen-bond acceptors (Lipinski definition) is 4. The van der Waals surface area contributed by atoms with E-state index in [4.69, 9.17) is 0 Å². The van der Waals surface area contributed by atoms with Gasteiger partial charge in [-0.05, 0) is 67.8 Å². The molecular formula is C27H29N3O4S. The molecule has 1 heterocycles. The molecule has 7 nitrogen and oxygen atoms in total. The van der Waals surface area contributed by atoms with E-state index in [0.29, 0.717) is 28.1 Å². The smallest absolute Gasteiger partial charge is 0.261 e. The molecule has 2 amide bonds. The van der Waals surface area contributed by atoms with Crippen molar-refractivity contribution in [1.82, 2.24) is 4.90 Å². The zero-order valence-electron chi connectivity index (χ0n) is 19.7. The SMILES string of the molecule is Cc1cc(C(=O)Nc2ccccc2C(=O)N2CCCCCC2)ccc1NS(=O)(=O)c1ccccc1. The first-order valence-electron chi connectivity index (χ1n) is 11.7. The second-order valence-electron chi connectivity index (χ2n) is 8.65. The summed E-state index contributed by atoms with van der Waals surface area (Å²) >= 11 is 0. The Morgan fingerprint density at radius 1 is 0.800 bits per heavy atom. The zero-order chi connectivity index (χ0) is 24.8. The molecule has 3 aromatic rings. The maximum Gasteiger partial charge on any atom is 0.261 e. The van der Waals surface area contributed by atoms with Crippen molar-refractivity contribution in [1.29, 1.82) is 0 Å². The molecule has 182 valence electrons. The first-order valence-corrected chi connectivity index (χ1v) is 13.2. The Morgan fingerprint density at radius 3 is 2.14 bits per heavy atom. The molecular weight excluding hydrogens is 462 g/mol. The van der Waals surface area contributed by atoms with E-state index in [1.54, 1.807) is 67.6 Å². The number of carbonyl (C=O) groups excluding carboxylic acids is 2. The molecule has 1 aliphatic heterocycles. The Labute approximate surface area is 206 Å². The van der Waals surface area contributed by atoms with Crippen LogP contribution in [0.25, 0.3) is 0 Å². The normalized spacial score (nSPS) is 14.1. The van der Waals surface area contributed by atoms with Gasteiger partial charge in [-0.25, -0.2) is 8.42 Å². The molecule has 1 fully saturated rings. The van der Waals surface area contributed by atoms with E-state index in [1.807, 2.05) is 4.90 Å². The van der Waals surface area contributed by atoms with Gasteiger partial charge in [0.2, 0.25) is 0 Å². The Bertz CT molecular complexity index is 1320. The van der Waals surface area contributed by atoms with Crippen molar-refractivity contribution in [3.63, 3.8) is 0 Å². The van der Waals surface area contributed by atoms with Crippen LogP contribution in [0.5, 0.6) is 0 Å². The van der Waals surface area contributed by atoms with Crippen molar-refractivity contribution >= 4 is 33.2 Å². The summed E-state index contributed by atoms with van der Waals surface area (Å²) in [6, 6.07) is 19.9. The van der Waals surface area contributed by atoms with Crippen molar-refractivity contribution in [2.75, 3.05) is 23.1 Å². The van der Waals surface area contributed by atoms with Gasteiger partial charge >= 0.3 is 0 Å². The van der Waals surface area contributed by atoms with Gasteiger partial charge in [0, 0.05) is 18.7 Å². The predicted molar refractivity (Wildman–Crippen MR) is 137 cm³/mol. The molecule has 8 heteroatoms. The van der Waals surface area contributed by atoms with Gasteiger partial charge in [0.15, 0.2) is 0 Å². The predicted octanol–water partition coefficient (Wildman–Crippen LogP) is 5.06. The van der Waals surface area contributed by atoms with Gasteiger partial charge in [0.25, 0.3) is 21.8 Å². The minimum Gasteiger partial charge on any atom is -0.339 e. The number of rotatable bonds is 6. The standard InChI is InChI=1S/C27H29N3O4S/c1-20-19-21(15-16-24(20)29-35(33,34)22-11-5-4-6-12-22)26(31)28-25-14-8-7-13-23(25)27(32)30-17-9-2-3-10-18-30/h4-8,11-16,19,29H,2-3,9-10,17-18H2,1H3,(H,28,31). The Hall–Kier alpha value is -3.65. The number of benzene rings is 3. The van der Waals surface area contributed by atoms with Gasteiger partial charge in [0.1, 0.15) is 0 Å². The van der Waals surface area contributed by atoms with Crippen LogP contribution in [0.2, 0.25) is 0 Å². The molecule has 0 spiro atoms. The van der Waals surface area contributed by atoms with Crippen LogP contribution in [0, 0.1) is 6.92 Å². The van der Waals surface area contributed by atoms with Crippen molar-refractivity contribution in [3.8, 4) is 0 Å². The second kappa shape index (κ2) is 10.7. The van der Waals surface area contributed by atoms with Crippen LogP contribution in [-0.4, -0.2) is 38.2 Å². The van der Waals surface area contributed by atoms with E-state index in [2.05, 4.69) is 10.0 Å². The number of nitrogens with zero attached hydrogens (tertiary/aromatic N) is 1. The second-order valence-corrected chi connectivity index (χ2v) is 10.3. The molecule has 0 unspecified atom stereocenters. The van der Waals surface area contributed by atoms with Gasteiger partial charge in [-0.3, -0.25) is 14.3 Å². The molecule has 2 N–H and O–H groups in total. The zero-order valence-corrected chi connectivity index (χ0v) is 20.5. The molecule has 0 bridgehead atoms. The van der Waals surface area contributed by atoms with Gasteiger partial charge in [-0.15, -0.1) is 0 Å². The molecule has 0 aromatic heterocycles. The lowest BCUT2D eigenvalue weighted by atomic mass is 10.1. The van der Waals surface area contributed by atoms with E-state index in [0.717, 1.165) is 38.8 Å². The third-order valence-electron chi connectivity index (χ3n) is 6.09. The molecule has 1 aliphatic rings. The van der Waals surface area contributed by atoms with Crippen molar-refractivity contribution in [2.45, 2.75) is 37.5 Å². The van der Waals surface area contributed by atoms with Crippen LogP contribution < -0.4 is 10.0 Å². The van der Waals surface area contributed by atoms with Gasteiger partial charge < -0.3 is 10.2 Å². The van der Waals surface area contributed by atoms with E-state index < -0.39 is 10.0 Å². The Kier molecular flexibility index (Phi) is 7.51. The maximum absolute atomic E-state index is 13.1. The fourth-order valence-corrected chi connectivity index (χ4v) is 5.29. The largest absolute Gasteiger partial charge is 0.339 e. The fraction of sp³-hybridized carbons (Fsp3) is 0.259. The molecule has 3 aromatic carbocycles. The highest BCUT2D eigenvalue weighted by Crippen LogP contribution is 2.24. The molecule has 4 rings (SSSR count). The summed E-state index contributed by atoms with van der Waals surface area (Å²) < 4.78 is 27.9. The lowest BCUT2D eigenvalue weighted by Crippen LogP contribution is -2.32. The van der Waals surface area contributed by atoms with E-state index in [9.17, 15) is 18.0 Å². The van der Waals surface area contributed by atoms with Crippen molar-refractivity contribution < 1.29 is 18.0 Å². The van der Waals surface area contributed by atoms with Crippen LogP contribution in [0.3, 0.4) is 0 Å². The highest BCUT2D eigenvalue weighted by Gasteiger charge is 2.21. The quantitative estimate of drug-likeness (QED) is 0.504. The van der Waals surface area contributed by atoms with Crippen molar-refractivity contribution in [3.05, 3.63) is 89.5 Å². The van der Waals surface area contributed by atoms with E-state index >= 15 is 0 Å². The van der Waals surface area contributed by atoms with Gasteiger partial charge in [-0.2, -0.15) is 0 Å². The number of likely N-dealkylation sites (tertiary alicyclic amines) is 1. The highest BCUT2D eigenvalue weighted by atomic mass is 32.2. The molecule has 0 radical (unpaired) electrons. The Balaban J connectivity index is 1.50. The van der Waals surface area contributed by atoms with Crippen LogP contribution >= 0.6 is 0 Å². The lowest BCUT2D eigenvalue weighted by molar-refractivity contribution is 0.0762. The number of amides is 2. The summed E-state index contributed by atoms with van der Waals surface area (Å²) in [5.74, 6) is -0.452. The minimum absolute atomic E-state index is 0.0790. The van der Waals surface area contributed by atoms with Crippen molar-refractivity contribution in [2.24, 2.45) is 0 Å². The topological polar surface area (TPSA) is 95.6 Å². The first-order chi connectivity index (χ1) is 16.8. The minimum atomic E-state index is -3.74. The average Bonchev–Trinajstić information content (AvgIpc) is 3.15. The summed E-state index contributed by atoms with van der Waals surface area (Å²) in [6.07, 6.45) is 4.22. The Morgan fingerprint density at radius 2 is 1.46 bits per heavy atom. The number of aryl methyl sites for hydroxylation is 1. The number of para-hydroxylation sites is 1. The summed E-state index contributed by atoms with van der Waals surface area (Å²) in [5, 5.41) is 2.86. The van der Waals surface area contributed by atoms with Gasteiger partial charge in [0.05, 0.1) is 21.8 Å². The molecule has 0 atom stereocenters. The van der Waals surface area contributed by atoms with E-state index in [-0.39, 0.29) is 16.7 Å². The van der Waals surface area contributed by atoms with Crippen LogP contribution in [0.15, 0.2) is 77.7 Å². The third-order valence-corrected chi connectivity index (χ3v) is 7.47. The number of hydrogen-bond donors (Lipinski definition) is 2. The number of nitrogens with one attached hydrogen (secondary N) is 2. The first kappa shape index (κ1) is 24.5. The average molecular weight is 492 g/mol. The number of anilines is 2. The monoisotopic (exact) mass is 491 g/mol. The fourth-order valence-electron chi connectivity index (χ4n) is 4.14. The molecule has 1 saturated heterocycles.